The van der Waals surface area contributed by atoms with E-state index in [-0.39, 0.29) is 0 Å². The Bertz CT molecular complexity index is 245. The first-order chi connectivity index (χ1) is 5.42. The Morgan fingerprint density at radius 1 is 1.64 bits per heavy atom. The van der Waals surface area contributed by atoms with Gasteiger partial charge in [0.2, 0.25) is 0 Å². The molecule has 0 bridgehead atoms. The zero-order valence-corrected chi connectivity index (χ0v) is 6.99. The van der Waals surface area contributed by atoms with E-state index in [2.05, 4.69) is 5.16 Å². The van der Waals surface area contributed by atoms with Crippen molar-refractivity contribution in [2.45, 2.75) is 18.7 Å². The van der Waals surface area contributed by atoms with Gasteiger partial charge in [0.1, 0.15) is 11.5 Å². The predicted octanol–water partition coefficient (Wildman–Crippen LogP) is 0.923. The number of nitrogens with zero attached hydrogens (tertiary/aromatic N) is 1. The van der Waals surface area contributed by atoms with E-state index in [1.165, 1.54) is 11.3 Å². The zero-order valence-electron chi connectivity index (χ0n) is 6.17. The van der Waals surface area contributed by atoms with Crippen molar-refractivity contribution in [3.63, 3.8) is 0 Å². The highest BCUT2D eigenvalue weighted by Crippen LogP contribution is 2.26. The van der Waals surface area contributed by atoms with Gasteiger partial charge in [-0.05, 0) is 12.2 Å². The zero-order chi connectivity index (χ0) is 7.68. The van der Waals surface area contributed by atoms with E-state index in [1.807, 2.05) is 11.8 Å². The topological polar surface area (TPSA) is 52.0 Å². The second-order valence-electron chi connectivity index (χ2n) is 2.54. The van der Waals surface area contributed by atoms with Gasteiger partial charge in [-0.2, -0.15) is 11.8 Å². The lowest BCUT2D eigenvalue weighted by Crippen LogP contribution is -2.05. The molecule has 2 heterocycles. The summed E-state index contributed by atoms with van der Waals surface area (Å²) in [5.41, 5.74) is 7.69. The standard InChI is InChI=1S/C7H10N2OS/c8-3-6-5-1-2-11-4-7(5)10-9-6/h1-4,8H2. The van der Waals surface area contributed by atoms with Gasteiger partial charge in [-0.15, -0.1) is 0 Å². The third-order valence-corrected chi connectivity index (χ3v) is 2.83. The molecule has 0 unspecified atom stereocenters. The summed E-state index contributed by atoms with van der Waals surface area (Å²) in [6.45, 7) is 0.503. The molecule has 0 radical (unpaired) electrons. The smallest absolute Gasteiger partial charge is 0.150 e. The highest BCUT2D eigenvalue weighted by Gasteiger charge is 2.17. The van der Waals surface area contributed by atoms with Crippen molar-refractivity contribution in [2.24, 2.45) is 5.73 Å². The fraction of sp³-hybridized carbons (Fsp3) is 0.571. The van der Waals surface area contributed by atoms with Gasteiger partial charge in [0.25, 0.3) is 0 Å². The Hall–Kier alpha value is -0.480. The predicted molar refractivity (Wildman–Crippen MR) is 44.3 cm³/mol. The number of hydrogen-bond donors (Lipinski definition) is 1. The average Bonchev–Trinajstić information content (AvgIpc) is 2.47. The van der Waals surface area contributed by atoms with E-state index in [4.69, 9.17) is 10.3 Å². The lowest BCUT2D eigenvalue weighted by Gasteiger charge is -2.07. The van der Waals surface area contributed by atoms with Crippen LogP contribution in [0.5, 0.6) is 0 Å². The fourth-order valence-corrected chi connectivity index (χ4v) is 2.18. The maximum Gasteiger partial charge on any atom is 0.150 e. The van der Waals surface area contributed by atoms with Crippen molar-refractivity contribution in [3.05, 3.63) is 17.0 Å². The normalized spacial score (nSPS) is 16.5. The molecule has 60 valence electrons. The van der Waals surface area contributed by atoms with E-state index in [9.17, 15) is 0 Å². The Morgan fingerprint density at radius 2 is 2.55 bits per heavy atom. The summed E-state index contributed by atoms with van der Waals surface area (Å²) in [6, 6.07) is 0. The SMILES string of the molecule is NCc1noc2c1CCSC2. The lowest BCUT2D eigenvalue weighted by atomic mass is 10.1. The molecule has 0 saturated carbocycles. The monoisotopic (exact) mass is 170 g/mol. The first kappa shape index (κ1) is 7.18. The molecule has 4 heteroatoms. The van der Waals surface area contributed by atoms with Crippen LogP contribution in [0.2, 0.25) is 0 Å². The molecule has 2 rings (SSSR count). The van der Waals surface area contributed by atoms with E-state index in [0.717, 1.165) is 23.6 Å². The molecule has 0 amide bonds. The van der Waals surface area contributed by atoms with Gasteiger partial charge < -0.3 is 10.3 Å². The van der Waals surface area contributed by atoms with Crippen molar-refractivity contribution in [3.8, 4) is 0 Å². The van der Waals surface area contributed by atoms with Gasteiger partial charge in [0, 0.05) is 12.1 Å². The van der Waals surface area contributed by atoms with E-state index < -0.39 is 0 Å². The van der Waals surface area contributed by atoms with Crippen molar-refractivity contribution >= 4 is 11.8 Å². The average molecular weight is 170 g/mol. The number of fused-ring (bicyclic) bond motifs is 1. The summed E-state index contributed by atoms with van der Waals surface area (Å²) in [6.07, 6.45) is 1.07. The molecule has 0 saturated heterocycles. The van der Waals surface area contributed by atoms with Crippen LogP contribution in [0.1, 0.15) is 17.0 Å². The molecule has 1 aliphatic heterocycles. The van der Waals surface area contributed by atoms with E-state index in [1.54, 1.807) is 0 Å². The Labute approximate surface area is 69.3 Å². The molecule has 1 aromatic heterocycles. The third-order valence-electron chi connectivity index (χ3n) is 1.87. The molecule has 0 aliphatic carbocycles. The maximum atomic E-state index is 5.49. The van der Waals surface area contributed by atoms with Crippen LogP contribution >= 0.6 is 11.8 Å². The Morgan fingerprint density at radius 3 is 3.36 bits per heavy atom. The second kappa shape index (κ2) is 2.87. The second-order valence-corrected chi connectivity index (χ2v) is 3.64. The molecule has 3 nitrogen and oxygen atoms in total. The van der Waals surface area contributed by atoms with Gasteiger partial charge in [0.15, 0.2) is 0 Å². The van der Waals surface area contributed by atoms with Crippen molar-refractivity contribution in [1.29, 1.82) is 0 Å². The van der Waals surface area contributed by atoms with Gasteiger partial charge in [-0.3, -0.25) is 0 Å². The quantitative estimate of drug-likeness (QED) is 0.681. The van der Waals surface area contributed by atoms with Crippen LogP contribution in [-0.4, -0.2) is 10.9 Å². The summed E-state index contributed by atoms with van der Waals surface area (Å²) in [4.78, 5) is 0. The molecule has 0 spiro atoms. The number of nitrogens with two attached hydrogens (primary N) is 1. The molecule has 11 heavy (non-hydrogen) atoms. The van der Waals surface area contributed by atoms with Crippen LogP contribution in [0.3, 0.4) is 0 Å². The fourth-order valence-electron chi connectivity index (χ4n) is 1.28. The Balaban J connectivity index is 2.38. The van der Waals surface area contributed by atoms with Crippen molar-refractivity contribution in [1.82, 2.24) is 5.16 Å². The van der Waals surface area contributed by atoms with Crippen LogP contribution in [0.4, 0.5) is 0 Å². The van der Waals surface area contributed by atoms with Crippen LogP contribution in [-0.2, 0) is 18.7 Å². The number of aromatic nitrogens is 1. The molecular formula is C7H10N2OS. The molecule has 1 aromatic rings. The van der Waals surface area contributed by atoms with Crippen LogP contribution in [0.15, 0.2) is 4.52 Å². The molecule has 0 atom stereocenters. The van der Waals surface area contributed by atoms with Crippen molar-refractivity contribution in [2.75, 3.05) is 5.75 Å². The maximum absolute atomic E-state index is 5.49. The first-order valence-corrected chi connectivity index (χ1v) is 4.81. The highest BCUT2D eigenvalue weighted by molar-refractivity contribution is 7.98. The Kier molecular flexibility index (Phi) is 1.87. The summed E-state index contributed by atoms with van der Waals surface area (Å²) in [5, 5.41) is 3.90. The number of rotatable bonds is 1. The van der Waals surface area contributed by atoms with Gasteiger partial charge in [0.05, 0.1) is 5.75 Å². The minimum atomic E-state index is 0.503. The van der Waals surface area contributed by atoms with Crippen molar-refractivity contribution < 1.29 is 4.52 Å². The summed E-state index contributed by atoms with van der Waals surface area (Å²) < 4.78 is 5.13. The first-order valence-electron chi connectivity index (χ1n) is 3.66. The lowest BCUT2D eigenvalue weighted by molar-refractivity contribution is 0.387. The summed E-state index contributed by atoms with van der Waals surface area (Å²) >= 11 is 1.89. The van der Waals surface area contributed by atoms with Crippen LogP contribution in [0, 0.1) is 0 Å². The van der Waals surface area contributed by atoms with E-state index in [0.29, 0.717) is 6.54 Å². The van der Waals surface area contributed by atoms with Gasteiger partial charge in [-0.1, -0.05) is 5.16 Å². The molecule has 0 aromatic carbocycles. The van der Waals surface area contributed by atoms with E-state index >= 15 is 0 Å². The summed E-state index contributed by atoms with van der Waals surface area (Å²) in [7, 11) is 0. The minimum absolute atomic E-state index is 0.503. The van der Waals surface area contributed by atoms with Crippen LogP contribution < -0.4 is 5.73 Å². The minimum Gasteiger partial charge on any atom is -0.360 e. The summed E-state index contributed by atoms with van der Waals surface area (Å²) in [5.74, 6) is 3.16. The van der Waals surface area contributed by atoms with Gasteiger partial charge in [-0.25, -0.2) is 0 Å². The largest absolute Gasteiger partial charge is 0.360 e. The third kappa shape index (κ3) is 1.16. The number of hydrogen-bond acceptors (Lipinski definition) is 4. The highest BCUT2D eigenvalue weighted by atomic mass is 32.2. The molecule has 1 aliphatic rings. The molecule has 0 fully saturated rings. The van der Waals surface area contributed by atoms with Gasteiger partial charge >= 0.3 is 0 Å². The van der Waals surface area contributed by atoms with Crippen LogP contribution in [0.25, 0.3) is 0 Å². The molecular weight excluding hydrogens is 160 g/mol. The number of thioether (sulfide) groups is 1. The molecule has 2 N–H and O–H groups in total.